The summed E-state index contributed by atoms with van der Waals surface area (Å²) in [5, 5.41) is 7.66. The Labute approximate surface area is 112 Å². The summed E-state index contributed by atoms with van der Waals surface area (Å²) in [6, 6.07) is 0.829. The van der Waals surface area contributed by atoms with E-state index in [9.17, 15) is 0 Å². The van der Waals surface area contributed by atoms with Gasteiger partial charge >= 0.3 is 0 Å². The summed E-state index contributed by atoms with van der Waals surface area (Å²) in [7, 11) is 0. The van der Waals surface area contributed by atoms with Gasteiger partial charge in [0.25, 0.3) is 0 Å². The van der Waals surface area contributed by atoms with Crippen molar-refractivity contribution in [3.05, 3.63) is 0 Å². The molecule has 1 heterocycles. The topological polar surface area (TPSA) is 53.1 Å². The summed E-state index contributed by atoms with van der Waals surface area (Å²) in [5.74, 6) is 1.28. The lowest BCUT2D eigenvalue weighted by molar-refractivity contribution is 0.0551. The van der Waals surface area contributed by atoms with Crippen LogP contribution in [0.5, 0.6) is 0 Å². The Bertz CT molecular complexity index is 296. The highest BCUT2D eigenvalue weighted by Crippen LogP contribution is 2.36. The lowest BCUT2D eigenvalue weighted by Gasteiger charge is -2.45. The second-order valence-electron chi connectivity index (χ2n) is 6.84. The van der Waals surface area contributed by atoms with Crippen molar-refractivity contribution < 1.29 is 0 Å². The maximum Gasteiger partial charge on any atom is 0.0963 e. The van der Waals surface area contributed by atoms with Gasteiger partial charge in [-0.15, -0.1) is 0 Å². The molecule has 18 heavy (non-hydrogen) atoms. The monoisotopic (exact) mass is 251 g/mol. The minimum atomic E-state index is -0.137. The van der Waals surface area contributed by atoms with Crippen LogP contribution in [-0.2, 0) is 0 Å². The van der Waals surface area contributed by atoms with E-state index in [4.69, 9.17) is 11.1 Å². The van der Waals surface area contributed by atoms with Crippen molar-refractivity contribution in [2.75, 3.05) is 13.1 Å². The third kappa shape index (κ3) is 3.05. The van der Waals surface area contributed by atoms with Gasteiger partial charge in [-0.2, -0.15) is 0 Å². The van der Waals surface area contributed by atoms with Crippen LogP contribution in [0.25, 0.3) is 0 Å². The van der Waals surface area contributed by atoms with E-state index >= 15 is 0 Å². The van der Waals surface area contributed by atoms with Gasteiger partial charge in [-0.25, -0.2) is 0 Å². The highest BCUT2D eigenvalue weighted by molar-refractivity contribution is 5.82. The van der Waals surface area contributed by atoms with Gasteiger partial charge in [0, 0.05) is 11.5 Å². The first-order chi connectivity index (χ1) is 8.50. The number of nitrogens with two attached hydrogens (primary N) is 1. The first-order valence-electron chi connectivity index (χ1n) is 7.59. The molecule has 3 heteroatoms. The molecule has 3 N–H and O–H groups in total. The zero-order valence-corrected chi connectivity index (χ0v) is 12.0. The van der Waals surface area contributed by atoms with E-state index in [0.717, 1.165) is 24.9 Å². The number of nitrogens with zero attached hydrogens (tertiary/aromatic N) is 1. The molecule has 0 spiro atoms. The summed E-state index contributed by atoms with van der Waals surface area (Å²) in [6.07, 6.45) is 9.51. The van der Waals surface area contributed by atoms with Crippen LogP contribution >= 0.6 is 0 Å². The van der Waals surface area contributed by atoms with Gasteiger partial charge in [0.1, 0.15) is 0 Å². The first kappa shape index (κ1) is 13.9. The van der Waals surface area contributed by atoms with Gasteiger partial charge in [0.15, 0.2) is 0 Å². The predicted molar refractivity (Wildman–Crippen MR) is 76.9 cm³/mol. The minimum Gasteiger partial charge on any atom is -0.387 e. The molecule has 2 rings (SSSR count). The Morgan fingerprint density at radius 1 is 1.22 bits per heavy atom. The largest absolute Gasteiger partial charge is 0.387 e. The summed E-state index contributed by atoms with van der Waals surface area (Å²) in [6.45, 7) is 6.57. The molecule has 0 unspecified atom stereocenters. The molecule has 0 bridgehead atoms. The van der Waals surface area contributed by atoms with Crippen molar-refractivity contribution in [1.29, 1.82) is 5.41 Å². The van der Waals surface area contributed by atoms with Crippen LogP contribution in [0.2, 0.25) is 0 Å². The number of hydrogen-bond donors (Lipinski definition) is 2. The molecule has 1 aliphatic heterocycles. The van der Waals surface area contributed by atoms with E-state index in [0.29, 0.717) is 5.84 Å². The molecule has 0 aromatic rings. The molecular formula is C15H29N3. The molecule has 1 saturated carbocycles. The molecule has 0 amide bonds. The van der Waals surface area contributed by atoms with Crippen LogP contribution in [-0.4, -0.2) is 29.9 Å². The van der Waals surface area contributed by atoms with Crippen molar-refractivity contribution in [1.82, 2.24) is 4.90 Å². The molecule has 1 saturated heterocycles. The predicted octanol–water partition coefficient (Wildman–Crippen LogP) is 2.99. The molecule has 1 aliphatic carbocycles. The smallest absolute Gasteiger partial charge is 0.0963 e. The van der Waals surface area contributed by atoms with Crippen molar-refractivity contribution in [3.8, 4) is 0 Å². The molecular weight excluding hydrogens is 222 g/mol. The third-order valence-corrected chi connectivity index (χ3v) is 5.11. The molecule has 0 aromatic heterocycles. The van der Waals surface area contributed by atoms with E-state index in [1.54, 1.807) is 0 Å². The average molecular weight is 251 g/mol. The second-order valence-corrected chi connectivity index (χ2v) is 6.84. The van der Waals surface area contributed by atoms with Gasteiger partial charge in [0.05, 0.1) is 5.84 Å². The van der Waals surface area contributed by atoms with E-state index < -0.39 is 0 Å². The fraction of sp³-hybridized carbons (Fsp3) is 0.933. The highest BCUT2D eigenvalue weighted by Gasteiger charge is 2.34. The van der Waals surface area contributed by atoms with Gasteiger partial charge in [-0.3, -0.25) is 5.41 Å². The van der Waals surface area contributed by atoms with Gasteiger partial charge in [-0.1, -0.05) is 26.7 Å². The number of fused-ring (bicyclic) bond motifs is 1. The van der Waals surface area contributed by atoms with Crippen molar-refractivity contribution in [2.24, 2.45) is 17.1 Å². The van der Waals surface area contributed by atoms with Crippen molar-refractivity contribution in [3.63, 3.8) is 0 Å². The highest BCUT2D eigenvalue weighted by atomic mass is 15.2. The van der Waals surface area contributed by atoms with Crippen molar-refractivity contribution in [2.45, 2.75) is 64.8 Å². The van der Waals surface area contributed by atoms with E-state index in [2.05, 4.69) is 18.7 Å². The summed E-state index contributed by atoms with van der Waals surface area (Å²) >= 11 is 0. The average Bonchev–Trinajstić information content (AvgIpc) is 2.36. The Hall–Kier alpha value is -0.570. The Morgan fingerprint density at radius 3 is 2.61 bits per heavy atom. The van der Waals surface area contributed by atoms with Crippen LogP contribution in [0.3, 0.4) is 0 Å². The molecule has 0 radical (unpaired) electrons. The minimum absolute atomic E-state index is 0.137. The number of amidine groups is 1. The maximum absolute atomic E-state index is 7.66. The molecule has 3 nitrogen and oxygen atoms in total. The maximum atomic E-state index is 7.66. The summed E-state index contributed by atoms with van der Waals surface area (Å²) < 4.78 is 0. The summed E-state index contributed by atoms with van der Waals surface area (Å²) in [5.41, 5.74) is 5.55. The molecule has 0 aromatic carbocycles. The van der Waals surface area contributed by atoms with Crippen LogP contribution in [0.1, 0.15) is 58.8 Å². The van der Waals surface area contributed by atoms with Crippen LogP contribution < -0.4 is 5.73 Å². The number of rotatable bonds is 4. The van der Waals surface area contributed by atoms with E-state index in [1.165, 1.54) is 45.1 Å². The fourth-order valence-electron chi connectivity index (χ4n) is 3.56. The lowest BCUT2D eigenvalue weighted by atomic mass is 9.78. The standard InChI is InChI=1S/C15H29N3/c1-15(2,14(16)17)9-11-18-10-5-7-12-6-3-4-8-13(12)18/h12-13H,3-11H2,1-2H3,(H3,16,17)/t12-,13-/m1/s1. The first-order valence-corrected chi connectivity index (χ1v) is 7.59. The Morgan fingerprint density at radius 2 is 1.89 bits per heavy atom. The summed E-state index contributed by atoms with van der Waals surface area (Å²) in [4.78, 5) is 2.69. The van der Waals surface area contributed by atoms with Gasteiger partial charge in [-0.05, 0) is 51.1 Å². The van der Waals surface area contributed by atoms with E-state index in [1.807, 2.05) is 0 Å². The third-order valence-electron chi connectivity index (χ3n) is 5.11. The molecule has 104 valence electrons. The lowest BCUT2D eigenvalue weighted by Crippen LogP contribution is -2.48. The normalized spacial score (nSPS) is 29.9. The number of hydrogen-bond acceptors (Lipinski definition) is 2. The van der Waals surface area contributed by atoms with Gasteiger partial charge < -0.3 is 10.6 Å². The molecule has 2 aliphatic rings. The zero-order chi connectivity index (χ0) is 13.2. The van der Waals surface area contributed by atoms with Gasteiger partial charge in [0.2, 0.25) is 0 Å². The SMILES string of the molecule is CC(C)(CCN1CCC[C@H]2CCCC[C@H]21)C(=N)N. The Balaban J connectivity index is 1.90. The van der Waals surface area contributed by atoms with Crippen LogP contribution in [0.4, 0.5) is 0 Å². The van der Waals surface area contributed by atoms with Crippen molar-refractivity contribution >= 4 is 5.84 Å². The molecule has 2 fully saturated rings. The fourth-order valence-corrected chi connectivity index (χ4v) is 3.56. The van der Waals surface area contributed by atoms with E-state index in [-0.39, 0.29) is 5.41 Å². The quantitative estimate of drug-likeness (QED) is 0.596. The number of likely N-dealkylation sites (tertiary alicyclic amines) is 1. The number of nitrogens with one attached hydrogen (secondary N) is 1. The second kappa shape index (κ2) is 5.60. The molecule has 2 atom stereocenters. The number of piperidine rings is 1. The zero-order valence-electron chi connectivity index (χ0n) is 12.0. The van der Waals surface area contributed by atoms with Crippen LogP contribution in [0, 0.1) is 16.7 Å². The Kier molecular flexibility index (Phi) is 4.31. The van der Waals surface area contributed by atoms with Crippen LogP contribution in [0.15, 0.2) is 0 Å².